The highest BCUT2D eigenvalue weighted by Gasteiger charge is 2.04. The lowest BCUT2D eigenvalue weighted by Gasteiger charge is -2.11. The van der Waals surface area contributed by atoms with Gasteiger partial charge in [0.05, 0.1) is 11.8 Å². The molecule has 0 aliphatic rings. The smallest absolute Gasteiger partial charge is 0.272 e. The van der Waals surface area contributed by atoms with Crippen LogP contribution in [-0.4, -0.2) is 31.2 Å². The molecule has 21 heavy (non-hydrogen) atoms. The fraction of sp³-hybridized carbons (Fsp3) is 0.133. The van der Waals surface area contributed by atoms with Gasteiger partial charge in [-0.2, -0.15) is 5.10 Å². The van der Waals surface area contributed by atoms with Crippen LogP contribution >= 0.6 is 15.9 Å². The molecule has 0 radical (unpaired) electrons. The Morgan fingerprint density at radius 3 is 2.62 bits per heavy atom. The van der Waals surface area contributed by atoms with Gasteiger partial charge in [-0.3, -0.25) is 9.78 Å². The van der Waals surface area contributed by atoms with E-state index >= 15 is 0 Å². The average molecular weight is 347 g/mol. The molecule has 1 amide bonds. The highest BCUT2D eigenvalue weighted by molar-refractivity contribution is 9.10. The van der Waals surface area contributed by atoms with Crippen molar-refractivity contribution in [2.45, 2.75) is 0 Å². The van der Waals surface area contributed by atoms with E-state index in [-0.39, 0.29) is 5.91 Å². The number of anilines is 1. The number of benzene rings is 1. The predicted molar refractivity (Wildman–Crippen MR) is 87.8 cm³/mol. The zero-order valence-corrected chi connectivity index (χ0v) is 13.3. The lowest BCUT2D eigenvalue weighted by Crippen LogP contribution is -2.17. The van der Waals surface area contributed by atoms with E-state index in [0.717, 1.165) is 15.7 Å². The number of carbonyl (C=O) groups excluding carboxylic acids is 1. The maximum Gasteiger partial charge on any atom is 0.272 e. The van der Waals surface area contributed by atoms with E-state index in [4.69, 9.17) is 0 Å². The average Bonchev–Trinajstić information content (AvgIpc) is 2.47. The Morgan fingerprint density at radius 1 is 1.29 bits per heavy atom. The van der Waals surface area contributed by atoms with Crippen molar-refractivity contribution < 1.29 is 4.79 Å². The van der Waals surface area contributed by atoms with Crippen LogP contribution < -0.4 is 10.3 Å². The van der Waals surface area contributed by atoms with Crippen LogP contribution in [0.5, 0.6) is 0 Å². The third-order valence-electron chi connectivity index (χ3n) is 2.76. The quantitative estimate of drug-likeness (QED) is 0.683. The summed E-state index contributed by atoms with van der Waals surface area (Å²) in [6.07, 6.45) is 4.70. The second-order valence-electron chi connectivity index (χ2n) is 4.58. The third kappa shape index (κ3) is 4.39. The third-order valence-corrected chi connectivity index (χ3v) is 3.19. The molecule has 0 spiro atoms. The Hall–Kier alpha value is -2.21. The molecule has 0 fully saturated rings. The van der Waals surface area contributed by atoms with Crippen molar-refractivity contribution in [2.75, 3.05) is 19.0 Å². The lowest BCUT2D eigenvalue weighted by atomic mass is 10.2. The standard InChI is InChI=1S/C15H15BrN4O/c1-20(2)14-5-3-11(4-6-14)8-18-19-15(21)12-7-13(16)10-17-9-12/h3-10H,1-2H3,(H,19,21). The molecule has 0 saturated heterocycles. The van der Waals surface area contributed by atoms with Crippen LogP contribution in [0, 0.1) is 0 Å². The number of nitrogens with one attached hydrogen (secondary N) is 1. The number of hydrazone groups is 1. The normalized spacial score (nSPS) is 10.6. The number of carbonyl (C=O) groups is 1. The van der Waals surface area contributed by atoms with Gasteiger partial charge in [0, 0.05) is 36.6 Å². The highest BCUT2D eigenvalue weighted by atomic mass is 79.9. The summed E-state index contributed by atoms with van der Waals surface area (Å²) in [5, 5.41) is 3.94. The number of hydrogen-bond acceptors (Lipinski definition) is 4. The zero-order chi connectivity index (χ0) is 15.2. The lowest BCUT2D eigenvalue weighted by molar-refractivity contribution is 0.0954. The largest absolute Gasteiger partial charge is 0.378 e. The van der Waals surface area contributed by atoms with Gasteiger partial charge >= 0.3 is 0 Å². The van der Waals surface area contributed by atoms with E-state index in [0.29, 0.717) is 5.56 Å². The number of nitrogens with zero attached hydrogens (tertiary/aromatic N) is 3. The maximum absolute atomic E-state index is 11.8. The Balaban J connectivity index is 1.97. The summed E-state index contributed by atoms with van der Waals surface area (Å²) in [6, 6.07) is 9.53. The van der Waals surface area contributed by atoms with Crippen molar-refractivity contribution in [1.82, 2.24) is 10.4 Å². The minimum absolute atomic E-state index is 0.301. The summed E-state index contributed by atoms with van der Waals surface area (Å²) in [7, 11) is 3.96. The van der Waals surface area contributed by atoms with E-state index < -0.39 is 0 Å². The minimum Gasteiger partial charge on any atom is -0.378 e. The number of pyridine rings is 1. The summed E-state index contributed by atoms with van der Waals surface area (Å²) in [5.74, 6) is -0.301. The van der Waals surface area contributed by atoms with Crippen LogP contribution in [-0.2, 0) is 0 Å². The Kier molecular flexibility index (Phi) is 5.05. The molecule has 0 unspecified atom stereocenters. The number of aromatic nitrogens is 1. The van der Waals surface area contributed by atoms with E-state index in [2.05, 4.69) is 31.4 Å². The van der Waals surface area contributed by atoms with Crippen molar-refractivity contribution in [3.63, 3.8) is 0 Å². The molecule has 0 saturated carbocycles. The Morgan fingerprint density at radius 2 is 2.00 bits per heavy atom. The Labute approximate surface area is 131 Å². The first-order valence-electron chi connectivity index (χ1n) is 6.27. The molecule has 2 aromatic rings. The topological polar surface area (TPSA) is 57.6 Å². The van der Waals surface area contributed by atoms with Gasteiger partial charge in [-0.25, -0.2) is 5.43 Å². The second kappa shape index (κ2) is 6.99. The van der Waals surface area contributed by atoms with Gasteiger partial charge in [0.25, 0.3) is 5.91 Å². The summed E-state index contributed by atoms with van der Waals surface area (Å²) in [6.45, 7) is 0. The van der Waals surface area contributed by atoms with Crippen LogP contribution in [0.25, 0.3) is 0 Å². The molecule has 2 rings (SSSR count). The monoisotopic (exact) mass is 346 g/mol. The molecule has 0 atom stereocenters. The van der Waals surface area contributed by atoms with Crippen molar-refractivity contribution in [1.29, 1.82) is 0 Å². The van der Waals surface area contributed by atoms with Crippen LogP contribution in [0.1, 0.15) is 15.9 Å². The summed E-state index contributed by atoms with van der Waals surface area (Å²) in [5.41, 5.74) is 4.94. The summed E-state index contributed by atoms with van der Waals surface area (Å²) < 4.78 is 0.749. The molecule has 1 N–H and O–H groups in total. The van der Waals surface area contributed by atoms with E-state index in [1.165, 1.54) is 6.20 Å². The van der Waals surface area contributed by atoms with Crippen molar-refractivity contribution in [2.24, 2.45) is 5.10 Å². The second-order valence-corrected chi connectivity index (χ2v) is 5.49. The van der Waals surface area contributed by atoms with Gasteiger partial charge in [0.15, 0.2) is 0 Å². The minimum atomic E-state index is -0.301. The first-order chi connectivity index (χ1) is 10.1. The van der Waals surface area contributed by atoms with E-state index in [1.807, 2.05) is 43.3 Å². The summed E-state index contributed by atoms with van der Waals surface area (Å²) in [4.78, 5) is 17.8. The number of rotatable bonds is 4. The van der Waals surface area contributed by atoms with E-state index in [9.17, 15) is 4.79 Å². The zero-order valence-electron chi connectivity index (χ0n) is 11.7. The van der Waals surface area contributed by atoms with Gasteiger partial charge < -0.3 is 4.90 Å². The maximum atomic E-state index is 11.8. The van der Waals surface area contributed by atoms with Crippen LogP contribution in [0.3, 0.4) is 0 Å². The Bertz CT molecular complexity index is 653. The molecule has 0 bridgehead atoms. The predicted octanol–water partition coefficient (Wildman–Crippen LogP) is 2.67. The van der Waals surface area contributed by atoms with Gasteiger partial charge in [-0.15, -0.1) is 0 Å². The fourth-order valence-corrected chi connectivity index (χ4v) is 1.99. The molecule has 6 heteroatoms. The number of hydrogen-bond donors (Lipinski definition) is 1. The molecule has 1 heterocycles. The van der Waals surface area contributed by atoms with Gasteiger partial charge in [-0.05, 0) is 39.7 Å². The molecular formula is C15H15BrN4O. The molecular weight excluding hydrogens is 332 g/mol. The molecule has 1 aromatic heterocycles. The molecule has 5 nitrogen and oxygen atoms in total. The highest BCUT2D eigenvalue weighted by Crippen LogP contribution is 2.11. The van der Waals surface area contributed by atoms with Gasteiger partial charge in [0.2, 0.25) is 0 Å². The van der Waals surface area contributed by atoms with Crippen LogP contribution in [0.15, 0.2) is 52.3 Å². The van der Waals surface area contributed by atoms with Crippen molar-refractivity contribution in [3.8, 4) is 0 Å². The van der Waals surface area contributed by atoms with Gasteiger partial charge in [-0.1, -0.05) is 12.1 Å². The van der Waals surface area contributed by atoms with E-state index in [1.54, 1.807) is 18.5 Å². The molecule has 0 aliphatic heterocycles. The molecule has 1 aromatic carbocycles. The van der Waals surface area contributed by atoms with Crippen LogP contribution in [0.2, 0.25) is 0 Å². The first kappa shape index (κ1) is 15.2. The molecule has 108 valence electrons. The first-order valence-corrected chi connectivity index (χ1v) is 7.07. The fourth-order valence-electron chi connectivity index (χ4n) is 1.62. The molecule has 0 aliphatic carbocycles. The van der Waals surface area contributed by atoms with Crippen molar-refractivity contribution >= 4 is 33.7 Å². The number of halogens is 1. The SMILES string of the molecule is CN(C)c1ccc(C=NNC(=O)c2cncc(Br)c2)cc1. The van der Waals surface area contributed by atoms with Gasteiger partial charge in [0.1, 0.15) is 0 Å². The summed E-state index contributed by atoms with van der Waals surface area (Å²) >= 11 is 3.27. The number of amides is 1. The van der Waals surface area contributed by atoms with Crippen molar-refractivity contribution in [3.05, 3.63) is 58.3 Å². The van der Waals surface area contributed by atoms with Crippen LogP contribution in [0.4, 0.5) is 5.69 Å².